The number of benzene rings is 2. The molecule has 0 saturated carbocycles. The minimum atomic E-state index is -1.16. The summed E-state index contributed by atoms with van der Waals surface area (Å²) in [6.45, 7) is 2.97. The summed E-state index contributed by atoms with van der Waals surface area (Å²) < 4.78 is 0. The summed E-state index contributed by atoms with van der Waals surface area (Å²) in [6.07, 6.45) is 3.04. The zero-order chi connectivity index (χ0) is 22.6. The summed E-state index contributed by atoms with van der Waals surface area (Å²) in [5.74, 6) is 0.635. The molecule has 2 aliphatic heterocycles. The van der Waals surface area contributed by atoms with E-state index >= 15 is 0 Å². The van der Waals surface area contributed by atoms with Gasteiger partial charge in [0.25, 0.3) is 0 Å². The van der Waals surface area contributed by atoms with E-state index in [4.69, 9.17) is 11.6 Å². The Bertz CT molecular complexity index is 884. The highest BCUT2D eigenvalue weighted by molar-refractivity contribution is 6.30. The molecule has 2 heterocycles. The smallest absolute Gasteiger partial charge is 0.227 e. The summed E-state index contributed by atoms with van der Waals surface area (Å²) in [5, 5.41) is 22.6. The van der Waals surface area contributed by atoms with Crippen molar-refractivity contribution in [3.8, 4) is 0 Å². The Morgan fingerprint density at radius 2 is 1.69 bits per heavy atom. The third-order valence-corrected chi connectivity index (χ3v) is 7.27. The van der Waals surface area contributed by atoms with E-state index in [0.29, 0.717) is 30.5 Å². The van der Waals surface area contributed by atoms with Crippen molar-refractivity contribution in [1.29, 1.82) is 0 Å². The first-order chi connectivity index (χ1) is 15.4. The van der Waals surface area contributed by atoms with Crippen LogP contribution in [0.25, 0.3) is 0 Å². The van der Waals surface area contributed by atoms with Gasteiger partial charge in [-0.1, -0.05) is 54.1 Å². The molecule has 2 saturated heterocycles. The molecule has 2 atom stereocenters. The number of hydrogen-bond acceptors (Lipinski definition) is 4. The fourth-order valence-electron chi connectivity index (χ4n) is 4.95. The second-order valence-electron chi connectivity index (χ2n) is 9.42. The second-order valence-corrected chi connectivity index (χ2v) is 9.86. The van der Waals surface area contributed by atoms with E-state index in [9.17, 15) is 15.0 Å². The Morgan fingerprint density at radius 3 is 2.34 bits per heavy atom. The lowest BCUT2D eigenvalue weighted by atomic mass is 9.85. The SMILES string of the molecule is O=C(Cc1ccc(Cl)cc1)N1CC[C@](O)(CN2CCC(Cc3ccccc3)CC2)[C@@H](O)C1. The maximum absolute atomic E-state index is 12.7. The fourth-order valence-corrected chi connectivity index (χ4v) is 5.07. The van der Waals surface area contributed by atoms with Gasteiger partial charge >= 0.3 is 0 Å². The summed E-state index contributed by atoms with van der Waals surface area (Å²) in [4.78, 5) is 16.6. The van der Waals surface area contributed by atoms with Gasteiger partial charge in [0.05, 0.1) is 6.42 Å². The molecule has 2 fully saturated rings. The largest absolute Gasteiger partial charge is 0.388 e. The number of likely N-dealkylation sites (tertiary alicyclic amines) is 2. The van der Waals surface area contributed by atoms with Gasteiger partial charge in [-0.15, -0.1) is 0 Å². The Labute approximate surface area is 195 Å². The molecule has 5 nitrogen and oxygen atoms in total. The first kappa shape index (κ1) is 23.2. The van der Waals surface area contributed by atoms with Crippen LogP contribution in [-0.4, -0.2) is 70.3 Å². The van der Waals surface area contributed by atoms with Gasteiger partial charge in [-0.2, -0.15) is 0 Å². The van der Waals surface area contributed by atoms with E-state index in [-0.39, 0.29) is 18.9 Å². The van der Waals surface area contributed by atoms with Crippen LogP contribution < -0.4 is 0 Å². The number of carbonyl (C=O) groups excluding carboxylic acids is 1. The molecule has 172 valence electrons. The van der Waals surface area contributed by atoms with Crippen molar-refractivity contribution < 1.29 is 15.0 Å². The van der Waals surface area contributed by atoms with Crippen molar-refractivity contribution in [2.75, 3.05) is 32.7 Å². The van der Waals surface area contributed by atoms with Crippen molar-refractivity contribution >= 4 is 17.5 Å². The number of amides is 1. The summed E-state index contributed by atoms with van der Waals surface area (Å²) >= 11 is 5.91. The molecule has 1 amide bonds. The maximum atomic E-state index is 12.7. The molecule has 0 spiro atoms. The third kappa shape index (κ3) is 5.90. The number of β-amino-alcohol motifs (C(OH)–C–C–N with tert-alkyl or cyclic N) is 2. The topological polar surface area (TPSA) is 64.0 Å². The normalized spacial score (nSPS) is 25.1. The van der Waals surface area contributed by atoms with E-state index < -0.39 is 11.7 Å². The molecule has 2 aromatic rings. The average molecular weight is 457 g/mol. The van der Waals surface area contributed by atoms with Crippen LogP contribution in [0.15, 0.2) is 54.6 Å². The zero-order valence-corrected chi connectivity index (χ0v) is 19.3. The number of hydrogen-bond donors (Lipinski definition) is 2. The van der Waals surface area contributed by atoms with E-state index in [0.717, 1.165) is 37.9 Å². The summed E-state index contributed by atoms with van der Waals surface area (Å²) in [5.41, 5.74) is 1.12. The molecule has 2 aliphatic rings. The van der Waals surface area contributed by atoms with E-state index in [1.807, 2.05) is 12.1 Å². The van der Waals surface area contributed by atoms with Gasteiger partial charge in [0, 0.05) is 24.7 Å². The van der Waals surface area contributed by atoms with Crippen molar-refractivity contribution in [3.05, 3.63) is 70.7 Å². The lowest BCUT2D eigenvalue weighted by Gasteiger charge is -2.45. The first-order valence-electron chi connectivity index (χ1n) is 11.6. The molecule has 0 radical (unpaired) electrons. The average Bonchev–Trinajstić information content (AvgIpc) is 2.79. The van der Waals surface area contributed by atoms with Gasteiger partial charge < -0.3 is 20.0 Å². The van der Waals surface area contributed by atoms with Crippen LogP contribution >= 0.6 is 11.6 Å². The van der Waals surface area contributed by atoms with E-state index in [1.54, 1.807) is 17.0 Å². The van der Waals surface area contributed by atoms with Crippen LogP contribution in [0.3, 0.4) is 0 Å². The van der Waals surface area contributed by atoms with Crippen molar-refractivity contribution in [2.45, 2.75) is 43.8 Å². The third-order valence-electron chi connectivity index (χ3n) is 7.02. The molecular formula is C26H33ClN2O3. The Hall–Kier alpha value is -1.92. The Kier molecular flexibility index (Phi) is 7.51. The van der Waals surface area contributed by atoms with Gasteiger partial charge in [-0.05, 0) is 68.0 Å². The molecule has 0 unspecified atom stereocenters. The number of aliphatic hydroxyl groups is 2. The van der Waals surface area contributed by atoms with Crippen LogP contribution in [0.2, 0.25) is 5.02 Å². The monoisotopic (exact) mass is 456 g/mol. The van der Waals surface area contributed by atoms with Crippen LogP contribution in [0.1, 0.15) is 30.4 Å². The number of carbonyl (C=O) groups is 1. The minimum Gasteiger partial charge on any atom is -0.388 e. The lowest BCUT2D eigenvalue weighted by molar-refractivity contribution is -0.153. The van der Waals surface area contributed by atoms with E-state index in [1.165, 1.54) is 5.56 Å². The first-order valence-corrected chi connectivity index (χ1v) is 12.0. The van der Waals surface area contributed by atoms with Crippen molar-refractivity contribution in [3.63, 3.8) is 0 Å². The number of aliphatic hydroxyl groups excluding tert-OH is 1. The van der Waals surface area contributed by atoms with Gasteiger partial charge in [0.1, 0.15) is 11.7 Å². The second kappa shape index (κ2) is 10.3. The van der Waals surface area contributed by atoms with Crippen LogP contribution in [0, 0.1) is 5.92 Å². The molecule has 32 heavy (non-hydrogen) atoms. The summed E-state index contributed by atoms with van der Waals surface area (Å²) in [6, 6.07) is 17.8. The van der Waals surface area contributed by atoms with Crippen LogP contribution in [0.5, 0.6) is 0 Å². The fraction of sp³-hybridized carbons (Fsp3) is 0.500. The molecule has 2 aromatic carbocycles. The predicted molar refractivity (Wildman–Crippen MR) is 127 cm³/mol. The standard InChI is InChI=1S/C26H33ClN2O3/c27-23-8-6-21(7-9-23)17-25(31)29-15-12-26(32,24(30)18-29)19-28-13-10-22(11-14-28)16-20-4-2-1-3-5-20/h1-9,22,24,30,32H,10-19H2/t24-,26-/m0/s1. The highest BCUT2D eigenvalue weighted by atomic mass is 35.5. The quantitative estimate of drug-likeness (QED) is 0.700. The highest BCUT2D eigenvalue weighted by Gasteiger charge is 2.43. The maximum Gasteiger partial charge on any atom is 0.227 e. The molecule has 0 aliphatic carbocycles. The number of nitrogens with zero attached hydrogens (tertiary/aromatic N) is 2. The van der Waals surface area contributed by atoms with Gasteiger partial charge in [-0.25, -0.2) is 0 Å². The lowest BCUT2D eigenvalue weighted by Crippen LogP contribution is -2.61. The van der Waals surface area contributed by atoms with E-state index in [2.05, 4.69) is 35.2 Å². The van der Waals surface area contributed by atoms with Crippen molar-refractivity contribution in [2.24, 2.45) is 5.92 Å². The molecular weight excluding hydrogens is 424 g/mol. The molecule has 2 N–H and O–H groups in total. The number of rotatable bonds is 6. The predicted octanol–water partition coefficient (Wildman–Crippen LogP) is 3.16. The molecule has 6 heteroatoms. The minimum absolute atomic E-state index is 0.0323. The van der Waals surface area contributed by atoms with Crippen molar-refractivity contribution in [1.82, 2.24) is 9.80 Å². The van der Waals surface area contributed by atoms with Gasteiger partial charge in [0.2, 0.25) is 5.91 Å². The highest BCUT2D eigenvalue weighted by Crippen LogP contribution is 2.28. The van der Waals surface area contributed by atoms with Crippen LogP contribution in [-0.2, 0) is 17.6 Å². The molecule has 0 bridgehead atoms. The van der Waals surface area contributed by atoms with Gasteiger partial charge in [0.15, 0.2) is 0 Å². The molecule has 4 rings (SSSR count). The Balaban J connectivity index is 1.24. The summed E-state index contributed by atoms with van der Waals surface area (Å²) in [7, 11) is 0. The molecule has 0 aromatic heterocycles. The van der Waals surface area contributed by atoms with Crippen LogP contribution in [0.4, 0.5) is 0 Å². The number of piperidine rings is 2. The Morgan fingerprint density at radius 1 is 1.00 bits per heavy atom. The van der Waals surface area contributed by atoms with Gasteiger partial charge in [-0.3, -0.25) is 4.79 Å². The number of halogens is 1. The zero-order valence-electron chi connectivity index (χ0n) is 18.5.